The Balaban J connectivity index is 1.64. The largest absolute Gasteiger partial charge is 0.494 e. The van der Waals surface area contributed by atoms with Crippen LogP contribution in [-0.2, 0) is 11.2 Å². The first kappa shape index (κ1) is 19.5. The first-order valence-corrected chi connectivity index (χ1v) is 9.57. The molecule has 0 aliphatic rings. The molecule has 0 amide bonds. The number of carbonyl (C=O) groups excluding carboxylic acids is 1. The van der Waals surface area contributed by atoms with Gasteiger partial charge in [-0.2, -0.15) is 0 Å². The summed E-state index contributed by atoms with van der Waals surface area (Å²) in [5, 5.41) is 0. The van der Waals surface area contributed by atoms with Crippen LogP contribution in [0.5, 0.6) is 5.75 Å². The quantitative estimate of drug-likeness (QED) is 0.545. The van der Waals surface area contributed by atoms with E-state index in [-0.39, 0.29) is 11.7 Å². The molecule has 2 nitrogen and oxygen atoms in total. The van der Waals surface area contributed by atoms with Crippen molar-refractivity contribution in [2.24, 2.45) is 0 Å². The summed E-state index contributed by atoms with van der Waals surface area (Å²) >= 11 is 0. The standard InChI is InChI=1S/C26H24O2/c1-3-28-25-17-13-22(14-18-25)10-9-21-11-15-24(16-12-21)20(2)26(27)19-23-7-5-4-6-8-23/h4-8,11-18,20H,3,19H2,1-2H3. The molecule has 1 unspecified atom stereocenters. The van der Waals surface area contributed by atoms with Gasteiger partial charge in [0.1, 0.15) is 11.5 Å². The Labute approximate surface area is 167 Å². The minimum atomic E-state index is -0.131. The molecule has 3 aromatic rings. The Morgan fingerprint density at radius 1 is 0.857 bits per heavy atom. The van der Waals surface area contributed by atoms with Gasteiger partial charge in [0.15, 0.2) is 0 Å². The van der Waals surface area contributed by atoms with Crippen LogP contribution in [0, 0.1) is 11.8 Å². The maximum absolute atomic E-state index is 12.5. The molecule has 0 N–H and O–H groups in total. The molecule has 0 saturated carbocycles. The summed E-state index contributed by atoms with van der Waals surface area (Å²) < 4.78 is 5.44. The monoisotopic (exact) mass is 368 g/mol. The number of ketones is 1. The van der Waals surface area contributed by atoms with Gasteiger partial charge in [0, 0.05) is 23.5 Å². The highest BCUT2D eigenvalue weighted by molar-refractivity contribution is 5.87. The highest BCUT2D eigenvalue weighted by atomic mass is 16.5. The van der Waals surface area contributed by atoms with Gasteiger partial charge in [0.25, 0.3) is 0 Å². The lowest BCUT2D eigenvalue weighted by molar-refractivity contribution is -0.119. The number of ether oxygens (including phenoxy) is 1. The van der Waals surface area contributed by atoms with E-state index in [0.29, 0.717) is 13.0 Å². The molecule has 0 heterocycles. The van der Waals surface area contributed by atoms with Crippen LogP contribution in [0.25, 0.3) is 0 Å². The molecule has 0 aromatic heterocycles. The topological polar surface area (TPSA) is 26.3 Å². The number of hydrogen-bond donors (Lipinski definition) is 0. The second-order valence-corrected chi connectivity index (χ2v) is 6.68. The fourth-order valence-electron chi connectivity index (χ4n) is 2.94. The molecule has 0 aliphatic carbocycles. The van der Waals surface area contributed by atoms with Crippen molar-refractivity contribution >= 4 is 5.78 Å². The van der Waals surface area contributed by atoms with Crippen LogP contribution in [0.1, 0.15) is 42.0 Å². The first-order chi connectivity index (χ1) is 13.7. The van der Waals surface area contributed by atoms with Crippen molar-refractivity contribution < 1.29 is 9.53 Å². The number of rotatable bonds is 6. The Hall–Kier alpha value is -3.31. The first-order valence-electron chi connectivity index (χ1n) is 9.57. The van der Waals surface area contributed by atoms with Gasteiger partial charge in [0.2, 0.25) is 0 Å². The summed E-state index contributed by atoms with van der Waals surface area (Å²) in [4.78, 5) is 12.5. The van der Waals surface area contributed by atoms with Gasteiger partial charge in [-0.15, -0.1) is 0 Å². The van der Waals surface area contributed by atoms with Crippen LogP contribution in [0.15, 0.2) is 78.9 Å². The Morgan fingerprint density at radius 2 is 1.43 bits per heavy atom. The van der Waals surface area contributed by atoms with E-state index in [9.17, 15) is 4.79 Å². The predicted octanol–water partition coefficient (Wildman–Crippen LogP) is 5.40. The molecular weight excluding hydrogens is 344 g/mol. The number of benzene rings is 3. The molecule has 2 heteroatoms. The third-order valence-electron chi connectivity index (χ3n) is 4.63. The van der Waals surface area contributed by atoms with Gasteiger partial charge in [-0.1, -0.05) is 61.2 Å². The molecule has 28 heavy (non-hydrogen) atoms. The molecular formula is C26H24O2. The lowest BCUT2D eigenvalue weighted by Gasteiger charge is -2.11. The van der Waals surface area contributed by atoms with Crippen LogP contribution in [-0.4, -0.2) is 12.4 Å². The second-order valence-electron chi connectivity index (χ2n) is 6.68. The Bertz CT molecular complexity index is 959. The van der Waals surface area contributed by atoms with E-state index in [2.05, 4.69) is 11.8 Å². The normalized spacial score (nSPS) is 11.2. The summed E-state index contributed by atoms with van der Waals surface area (Å²) in [6.45, 7) is 4.59. The van der Waals surface area contributed by atoms with E-state index in [1.807, 2.05) is 92.7 Å². The maximum atomic E-state index is 12.5. The molecule has 0 bridgehead atoms. The SMILES string of the molecule is CCOc1ccc(C#Cc2ccc(C(C)C(=O)Cc3ccccc3)cc2)cc1. The fourth-order valence-corrected chi connectivity index (χ4v) is 2.94. The van der Waals surface area contributed by atoms with Crippen molar-refractivity contribution in [1.29, 1.82) is 0 Å². The predicted molar refractivity (Wildman–Crippen MR) is 114 cm³/mol. The molecule has 3 rings (SSSR count). The van der Waals surface area contributed by atoms with E-state index in [4.69, 9.17) is 4.74 Å². The van der Waals surface area contributed by atoms with Crippen molar-refractivity contribution in [2.75, 3.05) is 6.61 Å². The number of carbonyl (C=O) groups is 1. The maximum Gasteiger partial charge on any atom is 0.144 e. The van der Waals surface area contributed by atoms with Crippen LogP contribution in [0.2, 0.25) is 0 Å². The van der Waals surface area contributed by atoms with E-state index >= 15 is 0 Å². The fraction of sp³-hybridized carbons (Fsp3) is 0.192. The van der Waals surface area contributed by atoms with E-state index in [1.165, 1.54) is 0 Å². The molecule has 0 fully saturated rings. The molecule has 1 atom stereocenters. The van der Waals surface area contributed by atoms with Gasteiger partial charge in [-0.25, -0.2) is 0 Å². The van der Waals surface area contributed by atoms with Crippen LogP contribution in [0.4, 0.5) is 0 Å². The van der Waals surface area contributed by atoms with Crippen molar-refractivity contribution in [3.05, 3.63) is 101 Å². The lowest BCUT2D eigenvalue weighted by Crippen LogP contribution is -2.12. The van der Waals surface area contributed by atoms with Crippen molar-refractivity contribution in [2.45, 2.75) is 26.2 Å². The third-order valence-corrected chi connectivity index (χ3v) is 4.63. The highest BCUT2D eigenvalue weighted by Gasteiger charge is 2.15. The van der Waals surface area contributed by atoms with Crippen molar-refractivity contribution in [3.63, 3.8) is 0 Å². The zero-order valence-corrected chi connectivity index (χ0v) is 16.3. The lowest BCUT2D eigenvalue weighted by atomic mass is 9.92. The van der Waals surface area contributed by atoms with E-state index in [0.717, 1.165) is 28.0 Å². The van der Waals surface area contributed by atoms with Gasteiger partial charge in [-0.05, 0) is 54.4 Å². The molecule has 0 saturated heterocycles. The average molecular weight is 368 g/mol. The van der Waals surface area contributed by atoms with Crippen LogP contribution < -0.4 is 4.74 Å². The van der Waals surface area contributed by atoms with Gasteiger partial charge in [0.05, 0.1) is 6.61 Å². The van der Waals surface area contributed by atoms with Gasteiger partial charge < -0.3 is 4.74 Å². The summed E-state index contributed by atoms with van der Waals surface area (Å²) in [5.41, 5.74) is 3.95. The Morgan fingerprint density at radius 3 is 2.00 bits per heavy atom. The molecule has 0 radical (unpaired) electrons. The average Bonchev–Trinajstić information content (AvgIpc) is 2.74. The van der Waals surface area contributed by atoms with Gasteiger partial charge in [-0.3, -0.25) is 4.79 Å². The summed E-state index contributed by atoms with van der Waals surface area (Å²) in [5.74, 6) is 7.28. The van der Waals surface area contributed by atoms with Crippen molar-refractivity contribution in [1.82, 2.24) is 0 Å². The van der Waals surface area contributed by atoms with Crippen LogP contribution >= 0.6 is 0 Å². The van der Waals surface area contributed by atoms with Crippen molar-refractivity contribution in [3.8, 4) is 17.6 Å². The molecule has 0 spiro atoms. The molecule has 140 valence electrons. The summed E-state index contributed by atoms with van der Waals surface area (Å²) in [7, 11) is 0. The van der Waals surface area contributed by atoms with Gasteiger partial charge >= 0.3 is 0 Å². The smallest absolute Gasteiger partial charge is 0.144 e. The summed E-state index contributed by atoms with van der Waals surface area (Å²) in [6.07, 6.45) is 0.460. The zero-order chi connectivity index (χ0) is 19.8. The zero-order valence-electron chi connectivity index (χ0n) is 16.3. The minimum absolute atomic E-state index is 0.131. The second kappa shape index (κ2) is 9.58. The van der Waals surface area contributed by atoms with Crippen LogP contribution in [0.3, 0.4) is 0 Å². The Kier molecular flexibility index (Phi) is 6.65. The number of hydrogen-bond acceptors (Lipinski definition) is 2. The van der Waals surface area contributed by atoms with E-state index < -0.39 is 0 Å². The van der Waals surface area contributed by atoms with E-state index in [1.54, 1.807) is 0 Å². The molecule has 0 aliphatic heterocycles. The summed E-state index contributed by atoms with van der Waals surface area (Å²) in [6, 6.07) is 25.6. The highest BCUT2D eigenvalue weighted by Crippen LogP contribution is 2.19. The third kappa shape index (κ3) is 5.34. The molecule has 3 aromatic carbocycles. The number of Topliss-reactive ketones (excluding diaryl/α,β-unsaturated/α-hetero) is 1. The minimum Gasteiger partial charge on any atom is -0.494 e.